The summed E-state index contributed by atoms with van der Waals surface area (Å²) in [5.74, 6) is 1.58. The Bertz CT molecular complexity index is 1780. The average Bonchev–Trinajstić information content (AvgIpc) is 3.16. The number of para-hydroxylation sites is 1. The van der Waals surface area contributed by atoms with E-state index >= 15 is 0 Å². The molecule has 1 saturated heterocycles. The lowest BCUT2D eigenvalue weighted by atomic mass is 9.99. The van der Waals surface area contributed by atoms with Gasteiger partial charge in [0.05, 0.1) is 25.9 Å². The number of amides is 2. The number of methoxy groups -OCH3 is 1. The lowest BCUT2D eigenvalue weighted by molar-refractivity contribution is -0.245. The Morgan fingerprint density at radius 2 is 1.44 bits per heavy atom. The number of nitrogens with one attached hydrogen (secondary N) is 2. The Balaban J connectivity index is 1.16. The summed E-state index contributed by atoms with van der Waals surface area (Å²) in [6.45, 7) is 0.881. The molecule has 48 heavy (non-hydrogen) atoms. The summed E-state index contributed by atoms with van der Waals surface area (Å²) in [6, 6.07) is 42.0. The maximum atomic E-state index is 12.4. The minimum absolute atomic E-state index is 0.00121. The van der Waals surface area contributed by atoms with Gasteiger partial charge in [-0.3, -0.25) is 0 Å². The van der Waals surface area contributed by atoms with Gasteiger partial charge in [0.1, 0.15) is 5.75 Å². The first-order valence-electron chi connectivity index (χ1n) is 16.1. The van der Waals surface area contributed by atoms with E-state index in [0.29, 0.717) is 19.5 Å². The fourth-order valence-electron chi connectivity index (χ4n) is 5.69. The third kappa shape index (κ3) is 8.85. The molecule has 0 aliphatic carbocycles. The molecule has 5 aromatic rings. The Kier molecular flexibility index (Phi) is 11.4. The molecule has 0 spiro atoms. The minimum Gasteiger partial charge on any atom is -0.496 e. The average molecular weight is 661 g/mol. The van der Waals surface area contributed by atoms with Crippen LogP contribution >= 0.6 is 11.8 Å². The smallest absolute Gasteiger partial charge is 0.315 e. The second-order valence-corrected chi connectivity index (χ2v) is 12.7. The topological polar surface area (TPSA) is 89.0 Å². The molecule has 3 N–H and O–H groups in total. The molecule has 5 aromatic carbocycles. The summed E-state index contributed by atoms with van der Waals surface area (Å²) < 4.78 is 18.8. The van der Waals surface area contributed by atoms with Gasteiger partial charge < -0.3 is 30.0 Å². The highest BCUT2D eigenvalue weighted by Gasteiger charge is 2.32. The van der Waals surface area contributed by atoms with E-state index in [0.717, 1.165) is 55.3 Å². The third-order valence-corrected chi connectivity index (χ3v) is 9.46. The van der Waals surface area contributed by atoms with Crippen LogP contribution in [0.2, 0.25) is 0 Å². The zero-order valence-electron chi connectivity index (χ0n) is 26.9. The fraction of sp³-hybridized carbons (Fsp3) is 0.225. The summed E-state index contributed by atoms with van der Waals surface area (Å²) in [7, 11) is 1.69. The van der Waals surface area contributed by atoms with Crippen molar-refractivity contribution in [3.63, 3.8) is 0 Å². The number of rotatable bonds is 12. The minimum atomic E-state index is -0.567. The van der Waals surface area contributed by atoms with E-state index in [4.69, 9.17) is 14.2 Å². The molecule has 7 nitrogen and oxygen atoms in total. The molecule has 1 aliphatic rings. The second kappa shape index (κ2) is 16.5. The number of urea groups is 1. The van der Waals surface area contributed by atoms with Gasteiger partial charge in [-0.25, -0.2) is 4.79 Å². The summed E-state index contributed by atoms with van der Waals surface area (Å²) in [5.41, 5.74) is 6.96. The normalized spacial score (nSPS) is 17.4. The van der Waals surface area contributed by atoms with Gasteiger partial charge in [-0.1, -0.05) is 103 Å². The van der Waals surface area contributed by atoms with E-state index in [2.05, 4.69) is 41.0 Å². The Morgan fingerprint density at radius 3 is 2.21 bits per heavy atom. The van der Waals surface area contributed by atoms with Crippen molar-refractivity contribution in [3.05, 3.63) is 155 Å². The highest BCUT2D eigenvalue weighted by atomic mass is 32.2. The van der Waals surface area contributed by atoms with Crippen LogP contribution in [0.5, 0.6) is 5.75 Å². The van der Waals surface area contributed by atoms with E-state index in [1.807, 2.05) is 97.1 Å². The monoisotopic (exact) mass is 660 g/mol. The van der Waals surface area contributed by atoms with Crippen LogP contribution in [0.3, 0.4) is 0 Å². The van der Waals surface area contributed by atoms with Gasteiger partial charge >= 0.3 is 6.03 Å². The van der Waals surface area contributed by atoms with Crippen LogP contribution in [-0.2, 0) is 29.2 Å². The molecule has 0 radical (unpaired) electrons. The van der Waals surface area contributed by atoms with Crippen LogP contribution in [0.1, 0.15) is 46.6 Å². The van der Waals surface area contributed by atoms with Gasteiger partial charge in [0.2, 0.25) is 0 Å². The molecule has 0 saturated carbocycles. The van der Waals surface area contributed by atoms with Crippen molar-refractivity contribution >= 4 is 17.8 Å². The van der Waals surface area contributed by atoms with Crippen molar-refractivity contribution in [1.82, 2.24) is 10.6 Å². The summed E-state index contributed by atoms with van der Waals surface area (Å²) in [6.07, 6.45) is -0.120. The Hall–Kier alpha value is -4.60. The van der Waals surface area contributed by atoms with Crippen LogP contribution < -0.4 is 15.4 Å². The fourth-order valence-corrected chi connectivity index (χ4v) is 6.74. The molecule has 0 bridgehead atoms. The van der Waals surface area contributed by atoms with Gasteiger partial charge in [-0.2, -0.15) is 0 Å². The third-order valence-electron chi connectivity index (χ3n) is 8.28. The quantitative estimate of drug-likeness (QED) is 0.117. The predicted molar refractivity (Wildman–Crippen MR) is 190 cm³/mol. The molecule has 6 rings (SSSR count). The highest BCUT2D eigenvalue weighted by Crippen LogP contribution is 2.41. The van der Waals surface area contributed by atoms with Gasteiger partial charge in [-0.15, -0.1) is 11.8 Å². The predicted octanol–water partition coefficient (Wildman–Crippen LogP) is 8.19. The van der Waals surface area contributed by atoms with Crippen LogP contribution in [0.15, 0.2) is 132 Å². The zero-order valence-corrected chi connectivity index (χ0v) is 27.7. The largest absolute Gasteiger partial charge is 0.496 e. The molecule has 246 valence electrons. The first-order valence-corrected chi connectivity index (χ1v) is 17.1. The second-order valence-electron chi connectivity index (χ2n) is 11.7. The Labute approximate surface area is 286 Å². The van der Waals surface area contributed by atoms with Crippen molar-refractivity contribution in [2.45, 2.75) is 49.5 Å². The summed E-state index contributed by atoms with van der Waals surface area (Å²) >= 11 is 1.72. The van der Waals surface area contributed by atoms with E-state index in [9.17, 15) is 9.90 Å². The number of aliphatic hydroxyl groups excluding tert-OH is 1. The van der Waals surface area contributed by atoms with Gasteiger partial charge in [0.15, 0.2) is 6.29 Å². The van der Waals surface area contributed by atoms with Crippen LogP contribution in [0, 0.1) is 0 Å². The van der Waals surface area contributed by atoms with Crippen molar-refractivity contribution in [2.24, 2.45) is 0 Å². The van der Waals surface area contributed by atoms with Gasteiger partial charge in [0, 0.05) is 35.7 Å². The molecular formula is C40H40N2O5S. The van der Waals surface area contributed by atoms with Crippen molar-refractivity contribution in [3.8, 4) is 16.9 Å². The molecule has 3 unspecified atom stereocenters. The number of carbonyl (C=O) groups excluding carboxylic acids is 1. The molecule has 1 heterocycles. The van der Waals surface area contributed by atoms with Gasteiger partial charge in [-0.05, 0) is 57.6 Å². The molecule has 8 heteroatoms. The number of ether oxygens (including phenoxy) is 3. The lowest BCUT2D eigenvalue weighted by Gasteiger charge is -2.36. The van der Waals surface area contributed by atoms with Crippen molar-refractivity contribution in [1.29, 1.82) is 0 Å². The van der Waals surface area contributed by atoms with E-state index in [-0.39, 0.29) is 24.8 Å². The number of hydrogen-bond acceptors (Lipinski definition) is 6. The lowest BCUT2D eigenvalue weighted by Crippen LogP contribution is -2.34. The van der Waals surface area contributed by atoms with E-state index in [1.165, 1.54) is 0 Å². The number of aliphatic hydroxyl groups is 1. The first kappa shape index (κ1) is 33.3. The molecule has 0 aromatic heterocycles. The standard InChI is InChI=1S/C40H40N2O5S/c1-45-36-15-5-6-16-38(36)48-27-35-23-37(31-19-17-29(26-43)18-20-31)47-39(46-35)34-14-8-13-33(22-34)32-12-7-11-30(21-32)25-42-40(44)41-24-28-9-3-2-4-10-28/h2-22,35,37,39,43H,23-27H2,1H3,(H2,41,42,44). The molecular weight excluding hydrogens is 621 g/mol. The number of carbonyl (C=O) groups is 1. The molecule has 2 amide bonds. The maximum Gasteiger partial charge on any atom is 0.315 e. The molecule has 1 fully saturated rings. The molecule has 1 aliphatic heterocycles. The Morgan fingerprint density at radius 1 is 0.750 bits per heavy atom. The van der Waals surface area contributed by atoms with E-state index < -0.39 is 6.29 Å². The summed E-state index contributed by atoms with van der Waals surface area (Å²) in [4.78, 5) is 13.5. The van der Waals surface area contributed by atoms with E-state index in [1.54, 1.807) is 18.9 Å². The number of thioether (sulfide) groups is 1. The van der Waals surface area contributed by atoms with Gasteiger partial charge in [0.25, 0.3) is 0 Å². The zero-order chi connectivity index (χ0) is 33.1. The number of hydrogen-bond donors (Lipinski definition) is 3. The van der Waals surface area contributed by atoms with Crippen LogP contribution in [0.25, 0.3) is 11.1 Å². The van der Waals surface area contributed by atoms with Crippen molar-refractivity contribution in [2.75, 3.05) is 12.9 Å². The maximum absolute atomic E-state index is 12.4. The van der Waals surface area contributed by atoms with Crippen LogP contribution in [-0.4, -0.2) is 30.1 Å². The molecule has 3 atom stereocenters. The highest BCUT2D eigenvalue weighted by molar-refractivity contribution is 7.99. The van der Waals surface area contributed by atoms with Crippen LogP contribution in [0.4, 0.5) is 4.79 Å². The van der Waals surface area contributed by atoms with Crippen molar-refractivity contribution < 1.29 is 24.1 Å². The SMILES string of the molecule is COc1ccccc1SCC1CC(c2ccc(CO)cc2)OC(c2cccc(-c3cccc(CNC(=O)NCc4ccccc4)c3)c2)O1. The summed E-state index contributed by atoms with van der Waals surface area (Å²) in [5, 5.41) is 15.4. The number of benzene rings is 5. The first-order chi connectivity index (χ1) is 23.6.